The molecule has 2 atom stereocenters. The molecule has 0 fully saturated rings. The van der Waals surface area contributed by atoms with Gasteiger partial charge in [-0.1, -0.05) is 189 Å². The molecule has 2 unspecified atom stereocenters. The van der Waals surface area contributed by atoms with Crippen molar-refractivity contribution in [1.82, 2.24) is 0 Å². The molecule has 0 saturated heterocycles. The van der Waals surface area contributed by atoms with E-state index in [1.807, 2.05) is 0 Å². The number of hydrogen-bond donors (Lipinski definition) is 2. The third kappa shape index (κ3) is 48.5. The van der Waals surface area contributed by atoms with E-state index in [1.54, 1.807) is 0 Å². The average molecular weight is 902 g/mol. The van der Waals surface area contributed by atoms with Crippen LogP contribution in [0.3, 0.4) is 0 Å². The molecule has 0 aliphatic heterocycles. The summed E-state index contributed by atoms with van der Waals surface area (Å²) >= 11 is 0. The number of carbonyl (C=O) groups is 2. The van der Waals surface area contributed by atoms with Crippen LogP contribution in [0.2, 0.25) is 0 Å². The molecule has 0 spiro atoms. The number of allylic oxidation sites excluding steroid dienone is 14. The Morgan fingerprint density at radius 3 is 1.30 bits per heavy atom. The van der Waals surface area contributed by atoms with Crippen LogP contribution in [0, 0.1) is 0 Å². The Morgan fingerprint density at radius 1 is 0.492 bits per heavy atom. The Labute approximate surface area is 385 Å². The van der Waals surface area contributed by atoms with Crippen molar-refractivity contribution in [3.8, 4) is 0 Å². The first kappa shape index (κ1) is 60.2. The monoisotopic (exact) mass is 902 g/mol. The fourth-order valence-corrected chi connectivity index (χ4v) is 7.34. The molecule has 9 nitrogen and oxygen atoms in total. The largest absolute Gasteiger partial charge is 0.472 e. The van der Waals surface area contributed by atoms with Gasteiger partial charge in [0.1, 0.15) is 6.61 Å². The number of phosphoric ester groups is 1. The summed E-state index contributed by atoms with van der Waals surface area (Å²) in [5.41, 5.74) is 5.36. The number of ether oxygens (including phenoxy) is 2. The summed E-state index contributed by atoms with van der Waals surface area (Å²) in [5.74, 6) is -0.857. The molecule has 0 aromatic carbocycles. The topological polar surface area (TPSA) is 134 Å². The smallest absolute Gasteiger partial charge is 0.462 e. The first-order valence-corrected chi connectivity index (χ1v) is 26.6. The van der Waals surface area contributed by atoms with Gasteiger partial charge in [0.15, 0.2) is 6.10 Å². The molecule has 0 aromatic heterocycles. The fraction of sp³-hybridized carbons (Fsp3) is 0.698. The number of rotatable bonds is 46. The zero-order valence-corrected chi connectivity index (χ0v) is 40.9. The highest BCUT2D eigenvalue weighted by molar-refractivity contribution is 7.47. The number of nitrogens with two attached hydrogens (primary N) is 1. The second kappa shape index (κ2) is 48.6. The van der Waals surface area contributed by atoms with Crippen LogP contribution in [-0.4, -0.2) is 49.3 Å². The molecule has 0 amide bonds. The lowest BCUT2D eigenvalue weighted by atomic mass is 10.1. The van der Waals surface area contributed by atoms with Crippen molar-refractivity contribution in [2.45, 2.75) is 213 Å². The molecule has 0 saturated carbocycles. The maximum Gasteiger partial charge on any atom is 0.472 e. The third-order valence-electron chi connectivity index (χ3n) is 10.3. The van der Waals surface area contributed by atoms with Crippen LogP contribution in [0.25, 0.3) is 0 Å². The van der Waals surface area contributed by atoms with Gasteiger partial charge in [0.25, 0.3) is 0 Å². The lowest BCUT2D eigenvalue weighted by Gasteiger charge is -2.19. The first-order valence-electron chi connectivity index (χ1n) is 25.1. The van der Waals surface area contributed by atoms with Gasteiger partial charge >= 0.3 is 19.8 Å². The van der Waals surface area contributed by atoms with Crippen LogP contribution in [0.1, 0.15) is 206 Å². The van der Waals surface area contributed by atoms with E-state index in [2.05, 4.69) is 98.9 Å². The van der Waals surface area contributed by atoms with E-state index in [1.165, 1.54) is 64.2 Å². The van der Waals surface area contributed by atoms with Crippen molar-refractivity contribution in [3.05, 3.63) is 85.1 Å². The van der Waals surface area contributed by atoms with Crippen LogP contribution in [-0.2, 0) is 32.7 Å². The van der Waals surface area contributed by atoms with Crippen molar-refractivity contribution >= 4 is 19.8 Å². The lowest BCUT2D eigenvalue weighted by molar-refractivity contribution is -0.161. The van der Waals surface area contributed by atoms with Gasteiger partial charge in [0, 0.05) is 19.4 Å². The quantitative estimate of drug-likeness (QED) is 0.0265. The fourth-order valence-electron chi connectivity index (χ4n) is 6.57. The van der Waals surface area contributed by atoms with Gasteiger partial charge in [-0.25, -0.2) is 4.57 Å². The average Bonchev–Trinajstić information content (AvgIpc) is 3.27. The molecule has 0 aliphatic rings. The summed E-state index contributed by atoms with van der Waals surface area (Å²) in [7, 11) is -4.39. The Kier molecular flexibility index (Phi) is 46.5. The maximum absolute atomic E-state index is 12.6. The van der Waals surface area contributed by atoms with E-state index in [4.69, 9.17) is 24.3 Å². The van der Waals surface area contributed by atoms with Crippen LogP contribution in [0.15, 0.2) is 85.1 Å². The molecular weight excluding hydrogens is 810 g/mol. The van der Waals surface area contributed by atoms with Gasteiger partial charge < -0.3 is 20.1 Å². The van der Waals surface area contributed by atoms with E-state index in [9.17, 15) is 19.0 Å². The van der Waals surface area contributed by atoms with E-state index in [0.717, 1.165) is 109 Å². The van der Waals surface area contributed by atoms with Crippen molar-refractivity contribution in [3.63, 3.8) is 0 Å². The molecular formula is C53H92NO8P. The summed E-state index contributed by atoms with van der Waals surface area (Å²) in [6.45, 7) is 3.58. The Bertz CT molecular complexity index is 1300. The third-order valence-corrected chi connectivity index (χ3v) is 11.2. The predicted molar refractivity (Wildman–Crippen MR) is 265 cm³/mol. The molecule has 63 heavy (non-hydrogen) atoms. The Morgan fingerprint density at radius 2 is 0.873 bits per heavy atom. The predicted octanol–water partition coefficient (Wildman–Crippen LogP) is 15.2. The van der Waals surface area contributed by atoms with E-state index in [-0.39, 0.29) is 32.6 Å². The standard InChI is InChI=1S/C53H92NO8P/c1-3-5-7-9-11-13-15-17-19-21-23-24-25-26-28-29-31-33-35-37-39-41-43-45-52(55)59-49-51(50-61-63(57,58)60-48-47-54)62-53(56)46-44-42-40-38-36-34-32-30-27-22-20-18-16-14-12-10-8-6-4-2/h6,8,12,14-15,17-18,20-21,23,25-27,30,51H,3-5,7,9-11,13,16,19,22,24,28-29,31-50,54H2,1-2H3,(H,57,58)/b8-6-,14-12-,17-15-,20-18-,23-21-,26-25-,30-27-. The van der Waals surface area contributed by atoms with Crippen LogP contribution in [0.4, 0.5) is 0 Å². The Hall–Kier alpha value is -2.81. The first-order chi connectivity index (χ1) is 30.8. The normalized spacial score (nSPS) is 13.9. The molecule has 3 N–H and O–H groups in total. The summed E-state index contributed by atoms with van der Waals surface area (Å²) in [5, 5.41) is 0. The second-order valence-electron chi connectivity index (χ2n) is 16.3. The summed E-state index contributed by atoms with van der Waals surface area (Å²) in [6.07, 6.45) is 61.8. The number of esters is 2. The summed E-state index contributed by atoms with van der Waals surface area (Å²) in [6, 6.07) is 0. The van der Waals surface area contributed by atoms with Crippen LogP contribution in [0.5, 0.6) is 0 Å². The Balaban J connectivity index is 4.12. The number of unbranched alkanes of at least 4 members (excludes halogenated alkanes) is 19. The van der Waals surface area contributed by atoms with E-state index < -0.39 is 32.5 Å². The van der Waals surface area contributed by atoms with Crippen molar-refractivity contribution in [1.29, 1.82) is 0 Å². The maximum atomic E-state index is 12.6. The highest BCUT2D eigenvalue weighted by atomic mass is 31.2. The molecule has 0 bridgehead atoms. The van der Waals surface area contributed by atoms with Crippen molar-refractivity contribution in [2.24, 2.45) is 5.73 Å². The molecule has 362 valence electrons. The highest BCUT2D eigenvalue weighted by Crippen LogP contribution is 2.43. The minimum atomic E-state index is -4.39. The molecule has 0 radical (unpaired) electrons. The van der Waals surface area contributed by atoms with Crippen molar-refractivity contribution < 1.29 is 37.6 Å². The summed E-state index contributed by atoms with van der Waals surface area (Å²) in [4.78, 5) is 35.0. The number of carbonyl (C=O) groups excluding carboxylic acids is 2. The minimum Gasteiger partial charge on any atom is -0.462 e. The lowest BCUT2D eigenvalue weighted by Crippen LogP contribution is -2.29. The van der Waals surface area contributed by atoms with E-state index in [0.29, 0.717) is 6.42 Å². The molecule has 10 heteroatoms. The molecule has 0 heterocycles. The van der Waals surface area contributed by atoms with Gasteiger partial charge in [-0.15, -0.1) is 0 Å². The zero-order chi connectivity index (χ0) is 46.0. The number of hydrogen-bond acceptors (Lipinski definition) is 8. The zero-order valence-electron chi connectivity index (χ0n) is 40.0. The number of phosphoric acid groups is 1. The van der Waals surface area contributed by atoms with Gasteiger partial charge in [0.2, 0.25) is 0 Å². The minimum absolute atomic E-state index is 0.0453. The molecule has 0 aliphatic carbocycles. The van der Waals surface area contributed by atoms with Gasteiger partial charge in [-0.3, -0.25) is 18.6 Å². The van der Waals surface area contributed by atoms with Gasteiger partial charge in [-0.05, 0) is 89.9 Å². The van der Waals surface area contributed by atoms with Gasteiger partial charge in [0.05, 0.1) is 13.2 Å². The highest BCUT2D eigenvalue weighted by Gasteiger charge is 2.26. The van der Waals surface area contributed by atoms with Crippen LogP contribution >= 0.6 is 7.82 Å². The second-order valence-corrected chi connectivity index (χ2v) is 17.8. The molecule has 0 aromatic rings. The van der Waals surface area contributed by atoms with Gasteiger partial charge in [-0.2, -0.15) is 0 Å². The molecule has 0 rings (SSSR count). The summed E-state index contributed by atoms with van der Waals surface area (Å²) < 4.78 is 32.9. The van der Waals surface area contributed by atoms with Crippen molar-refractivity contribution in [2.75, 3.05) is 26.4 Å². The van der Waals surface area contributed by atoms with E-state index >= 15 is 0 Å². The SMILES string of the molecule is CC/C=C\C/C=C\C/C=C\C/C=C\CCCCCCCCC(=O)OC(COC(=O)CCCCCCCCCC/C=C\C/C=C\C/C=C\CCCCCCC)COP(=O)(O)OCCN. The van der Waals surface area contributed by atoms with Crippen LogP contribution < -0.4 is 5.73 Å².